The number of benzene rings is 2. The highest BCUT2D eigenvalue weighted by Crippen LogP contribution is 2.38. The minimum absolute atomic E-state index is 0.0532. The summed E-state index contributed by atoms with van der Waals surface area (Å²) >= 11 is 0. The second-order valence-electron chi connectivity index (χ2n) is 8.83. The maximum absolute atomic E-state index is 13.6. The zero-order valence-electron chi connectivity index (χ0n) is 20.0. The Morgan fingerprint density at radius 1 is 1.03 bits per heavy atom. The first-order valence-electron chi connectivity index (χ1n) is 12.1. The standard InChI is InChI=1S/C28H31N5O/c1-4-17-29-28(34)32-19-23-24(5-2)30-33(22-10-7-6-8-11-22)27(23)31-18-9-12-25(31)26(32)21-15-13-20(3)14-16-21/h6-16,18,26H,4-5,17,19H2,1-3H3,(H,29,34)/t26-/m0/s1. The Morgan fingerprint density at radius 3 is 2.50 bits per heavy atom. The highest BCUT2D eigenvalue weighted by atomic mass is 16.2. The van der Waals surface area contributed by atoms with Crippen LogP contribution in [0.15, 0.2) is 72.9 Å². The number of nitrogens with one attached hydrogen (secondary N) is 1. The second kappa shape index (κ2) is 9.21. The molecule has 2 amide bonds. The topological polar surface area (TPSA) is 55.1 Å². The third-order valence-corrected chi connectivity index (χ3v) is 6.48. The number of urea groups is 1. The number of fused-ring (bicyclic) bond motifs is 3. The number of amides is 2. The number of hydrogen-bond donors (Lipinski definition) is 1. The lowest BCUT2D eigenvalue weighted by Gasteiger charge is -2.31. The van der Waals surface area contributed by atoms with Crippen molar-refractivity contribution < 1.29 is 4.79 Å². The number of aromatic nitrogens is 3. The summed E-state index contributed by atoms with van der Waals surface area (Å²) < 4.78 is 4.24. The van der Waals surface area contributed by atoms with Crippen LogP contribution in [0.4, 0.5) is 4.79 Å². The van der Waals surface area contributed by atoms with Crippen molar-refractivity contribution in [2.24, 2.45) is 0 Å². The molecule has 0 saturated carbocycles. The molecule has 174 valence electrons. The number of hydrogen-bond acceptors (Lipinski definition) is 2. The van der Waals surface area contributed by atoms with Gasteiger partial charge in [0.2, 0.25) is 0 Å². The van der Waals surface area contributed by atoms with Gasteiger partial charge in [0.05, 0.1) is 29.7 Å². The molecule has 0 radical (unpaired) electrons. The Morgan fingerprint density at radius 2 is 1.79 bits per heavy atom. The summed E-state index contributed by atoms with van der Waals surface area (Å²) in [6.07, 6.45) is 3.77. The van der Waals surface area contributed by atoms with E-state index in [1.807, 2.05) is 27.8 Å². The van der Waals surface area contributed by atoms with Crippen LogP contribution in [-0.2, 0) is 13.0 Å². The van der Waals surface area contributed by atoms with Crippen LogP contribution in [0.3, 0.4) is 0 Å². The molecular formula is C28H31N5O. The minimum Gasteiger partial charge on any atom is -0.338 e. The van der Waals surface area contributed by atoms with Gasteiger partial charge in [-0.15, -0.1) is 0 Å². The molecule has 6 heteroatoms. The van der Waals surface area contributed by atoms with Gasteiger partial charge >= 0.3 is 6.03 Å². The fraction of sp³-hybridized carbons (Fsp3) is 0.286. The number of nitrogens with zero attached hydrogens (tertiary/aromatic N) is 4. The van der Waals surface area contributed by atoms with Crippen LogP contribution in [0.1, 0.15) is 54.4 Å². The molecule has 1 aliphatic rings. The second-order valence-corrected chi connectivity index (χ2v) is 8.83. The van der Waals surface area contributed by atoms with Gasteiger partial charge in [-0.05, 0) is 49.6 Å². The first kappa shape index (κ1) is 22.0. The number of rotatable bonds is 5. The lowest BCUT2D eigenvalue weighted by atomic mass is 10.0. The predicted molar refractivity (Wildman–Crippen MR) is 135 cm³/mol. The average molecular weight is 454 g/mol. The van der Waals surface area contributed by atoms with Crippen LogP contribution in [0, 0.1) is 6.92 Å². The summed E-state index contributed by atoms with van der Waals surface area (Å²) in [5, 5.41) is 8.12. The van der Waals surface area contributed by atoms with Gasteiger partial charge in [0, 0.05) is 18.3 Å². The lowest BCUT2D eigenvalue weighted by Crippen LogP contribution is -2.42. The maximum atomic E-state index is 13.6. The van der Waals surface area contributed by atoms with Crippen molar-refractivity contribution in [2.45, 2.75) is 46.2 Å². The fourth-order valence-corrected chi connectivity index (χ4v) is 4.78. The number of aryl methyl sites for hydroxylation is 2. The highest BCUT2D eigenvalue weighted by Gasteiger charge is 2.36. The zero-order chi connectivity index (χ0) is 23.7. The monoisotopic (exact) mass is 453 g/mol. The quantitative estimate of drug-likeness (QED) is 0.430. The van der Waals surface area contributed by atoms with Gasteiger partial charge in [-0.2, -0.15) is 5.10 Å². The molecule has 1 atom stereocenters. The third-order valence-electron chi connectivity index (χ3n) is 6.48. The van der Waals surface area contributed by atoms with E-state index in [0.29, 0.717) is 13.1 Å². The van der Waals surface area contributed by atoms with Crippen LogP contribution >= 0.6 is 0 Å². The summed E-state index contributed by atoms with van der Waals surface area (Å²) in [7, 11) is 0. The van der Waals surface area contributed by atoms with E-state index in [0.717, 1.165) is 46.9 Å². The van der Waals surface area contributed by atoms with Crippen molar-refractivity contribution in [1.82, 2.24) is 24.6 Å². The summed E-state index contributed by atoms with van der Waals surface area (Å²) in [5.74, 6) is 1.01. The molecule has 0 spiro atoms. The van der Waals surface area contributed by atoms with E-state index < -0.39 is 0 Å². The number of para-hydroxylation sites is 1. The van der Waals surface area contributed by atoms with Crippen LogP contribution in [0.5, 0.6) is 0 Å². The van der Waals surface area contributed by atoms with E-state index in [1.165, 1.54) is 5.56 Å². The molecule has 0 bridgehead atoms. The van der Waals surface area contributed by atoms with E-state index in [-0.39, 0.29) is 12.1 Å². The Balaban J connectivity index is 1.74. The van der Waals surface area contributed by atoms with Gasteiger partial charge in [-0.3, -0.25) is 0 Å². The van der Waals surface area contributed by atoms with Crippen molar-refractivity contribution in [3.63, 3.8) is 0 Å². The molecule has 0 unspecified atom stereocenters. The molecule has 1 aliphatic heterocycles. The van der Waals surface area contributed by atoms with E-state index >= 15 is 0 Å². The van der Waals surface area contributed by atoms with Crippen molar-refractivity contribution >= 4 is 6.03 Å². The molecular weight excluding hydrogens is 422 g/mol. The molecule has 0 aliphatic carbocycles. The Kier molecular flexibility index (Phi) is 5.97. The first-order chi connectivity index (χ1) is 16.6. The summed E-state index contributed by atoms with van der Waals surface area (Å²) in [5.41, 5.74) is 6.45. The molecule has 1 N–H and O–H groups in total. The molecule has 0 saturated heterocycles. The molecule has 2 aromatic carbocycles. The Labute approximate surface area is 200 Å². The maximum Gasteiger partial charge on any atom is 0.318 e. The summed E-state index contributed by atoms with van der Waals surface area (Å²) in [6.45, 7) is 7.42. The summed E-state index contributed by atoms with van der Waals surface area (Å²) in [4.78, 5) is 15.5. The molecule has 5 rings (SSSR count). The van der Waals surface area contributed by atoms with Crippen molar-refractivity contribution in [1.29, 1.82) is 0 Å². The van der Waals surface area contributed by atoms with Gasteiger partial charge < -0.3 is 14.8 Å². The van der Waals surface area contributed by atoms with E-state index in [1.54, 1.807) is 0 Å². The van der Waals surface area contributed by atoms with Crippen molar-refractivity contribution in [2.75, 3.05) is 6.54 Å². The lowest BCUT2D eigenvalue weighted by molar-refractivity contribution is 0.180. The van der Waals surface area contributed by atoms with Gasteiger partial charge in [0.25, 0.3) is 0 Å². The molecule has 3 heterocycles. The highest BCUT2D eigenvalue weighted by molar-refractivity contribution is 5.76. The molecule has 34 heavy (non-hydrogen) atoms. The van der Waals surface area contributed by atoms with Gasteiger partial charge in [-0.25, -0.2) is 9.48 Å². The van der Waals surface area contributed by atoms with Gasteiger partial charge in [-0.1, -0.05) is 61.9 Å². The normalized spacial score (nSPS) is 14.9. The molecule has 2 aromatic heterocycles. The number of carbonyl (C=O) groups excluding carboxylic acids is 1. The first-order valence-corrected chi connectivity index (χ1v) is 12.1. The van der Waals surface area contributed by atoms with Crippen molar-refractivity contribution in [3.05, 3.63) is 101 Å². The van der Waals surface area contributed by atoms with Crippen LogP contribution in [0.25, 0.3) is 11.5 Å². The van der Waals surface area contributed by atoms with Crippen LogP contribution < -0.4 is 5.32 Å². The SMILES string of the molecule is CCCNC(=O)N1Cc2c(CC)nn(-c3ccccc3)c2-n2cccc2[C@@H]1c1ccc(C)cc1. The number of carbonyl (C=O) groups is 1. The van der Waals surface area contributed by atoms with Crippen molar-refractivity contribution in [3.8, 4) is 11.5 Å². The zero-order valence-corrected chi connectivity index (χ0v) is 20.0. The largest absolute Gasteiger partial charge is 0.338 e. The van der Waals surface area contributed by atoms with E-state index in [4.69, 9.17) is 5.10 Å². The van der Waals surface area contributed by atoms with Crippen LogP contribution in [0.2, 0.25) is 0 Å². The van der Waals surface area contributed by atoms with E-state index in [2.05, 4.69) is 85.4 Å². The van der Waals surface area contributed by atoms with Gasteiger partial charge in [0.1, 0.15) is 5.82 Å². The predicted octanol–water partition coefficient (Wildman–Crippen LogP) is 5.56. The molecule has 0 fully saturated rings. The minimum atomic E-state index is -0.214. The molecule has 6 nitrogen and oxygen atoms in total. The summed E-state index contributed by atoms with van der Waals surface area (Å²) in [6, 6.07) is 22.6. The van der Waals surface area contributed by atoms with Gasteiger partial charge in [0.15, 0.2) is 0 Å². The molecule has 4 aromatic rings. The van der Waals surface area contributed by atoms with Crippen LogP contribution in [-0.4, -0.2) is 31.8 Å². The average Bonchev–Trinajstić information content (AvgIpc) is 3.45. The third kappa shape index (κ3) is 3.79. The fourth-order valence-electron chi connectivity index (χ4n) is 4.78. The van der Waals surface area contributed by atoms with E-state index in [9.17, 15) is 4.79 Å². The Hall–Kier alpha value is -3.80. The Bertz CT molecular complexity index is 1290. The smallest absolute Gasteiger partial charge is 0.318 e.